The molecule has 4 N–H and O–H groups in total. The molecule has 0 radical (unpaired) electrons. The number of anilines is 2. The van der Waals surface area contributed by atoms with Crippen LogP contribution in [0, 0.1) is 0 Å². The predicted molar refractivity (Wildman–Crippen MR) is 84.0 cm³/mol. The molecule has 0 aliphatic heterocycles. The van der Waals surface area contributed by atoms with Crippen molar-refractivity contribution in [3.8, 4) is 11.1 Å². The highest BCUT2D eigenvalue weighted by Crippen LogP contribution is 2.25. The zero-order valence-electron chi connectivity index (χ0n) is 10.6. The van der Waals surface area contributed by atoms with Gasteiger partial charge in [0, 0.05) is 11.4 Å². The molecule has 0 aliphatic rings. The zero-order chi connectivity index (χ0) is 13.1. The molecule has 0 spiro atoms. The second kappa shape index (κ2) is 5.41. The number of nitrogens with two attached hydrogens (primary N) is 2. The molecule has 18 heavy (non-hydrogen) atoms. The van der Waals surface area contributed by atoms with Crippen molar-refractivity contribution in [1.82, 2.24) is 0 Å². The van der Waals surface area contributed by atoms with E-state index in [-0.39, 0.29) is 0 Å². The normalized spacial score (nSPS) is 10.6. The summed E-state index contributed by atoms with van der Waals surface area (Å²) in [5.41, 5.74) is 17.1. The van der Waals surface area contributed by atoms with E-state index in [2.05, 4.69) is 34.4 Å². The van der Waals surface area contributed by atoms with Gasteiger partial charge in [-0.05, 0) is 52.7 Å². The lowest BCUT2D eigenvalue weighted by Crippen LogP contribution is -2.01. The summed E-state index contributed by atoms with van der Waals surface area (Å²) in [7, 11) is 2.66. The van der Waals surface area contributed by atoms with Crippen molar-refractivity contribution >= 4 is 25.9 Å². The first-order chi connectivity index (χ1) is 8.61. The summed E-state index contributed by atoms with van der Waals surface area (Å²) in [4.78, 5) is 0. The second-order valence-corrected chi connectivity index (χ2v) is 5.13. The van der Waals surface area contributed by atoms with Crippen LogP contribution < -0.4 is 16.8 Å². The fourth-order valence-electron chi connectivity index (χ4n) is 2.03. The van der Waals surface area contributed by atoms with Gasteiger partial charge in [-0.15, -0.1) is 9.24 Å². The topological polar surface area (TPSA) is 52.0 Å². The Labute approximate surface area is 111 Å². The lowest BCUT2D eigenvalue weighted by Gasteiger charge is -2.09. The van der Waals surface area contributed by atoms with Gasteiger partial charge in [-0.2, -0.15) is 0 Å². The maximum atomic E-state index is 5.98. The first-order valence-electron chi connectivity index (χ1n) is 6.15. The minimum atomic E-state index is 0.799. The minimum absolute atomic E-state index is 0.799. The van der Waals surface area contributed by atoms with Gasteiger partial charge in [0.1, 0.15) is 0 Å². The van der Waals surface area contributed by atoms with Gasteiger partial charge >= 0.3 is 0 Å². The predicted octanol–water partition coefficient (Wildman–Crippen LogP) is 2.97. The zero-order valence-corrected chi connectivity index (χ0v) is 11.8. The van der Waals surface area contributed by atoms with E-state index in [4.69, 9.17) is 11.5 Å². The summed E-state index contributed by atoms with van der Waals surface area (Å²) in [5.74, 6) is 0. The van der Waals surface area contributed by atoms with Crippen molar-refractivity contribution in [2.75, 3.05) is 11.5 Å². The fraction of sp³-hybridized carbons (Fsp3) is 0.200. The summed E-state index contributed by atoms with van der Waals surface area (Å²) >= 11 is 0. The van der Waals surface area contributed by atoms with Crippen molar-refractivity contribution in [1.29, 1.82) is 0 Å². The van der Waals surface area contributed by atoms with E-state index in [0.29, 0.717) is 0 Å². The number of benzene rings is 2. The number of hydrogen-bond acceptors (Lipinski definition) is 2. The molecule has 1 atom stereocenters. The van der Waals surface area contributed by atoms with Crippen LogP contribution in [0.1, 0.15) is 18.9 Å². The molecule has 0 aromatic heterocycles. The second-order valence-electron chi connectivity index (χ2n) is 4.51. The molecule has 0 fully saturated rings. The maximum Gasteiger partial charge on any atom is 0.0387 e. The van der Waals surface area contributed by atoms with Gasteiger partial charge in [0.2, 0.25) is 0 Å². The fourth-order valence-corrected chi connectivity index (χ4v) is 2.30. The van der Waals surface area contributed by atoms with Gasteiger partial charge in [0.05, 0.1) is 0 Å². The van der Waals surface area contributed by atoms with Gasteiger partial charge in [-0.25, -0.2) is 0 Å². The number of aryl methyl sites for hydroxylation is 1. The van der Waals surface area contributed by atoms with Gasteiger partial charge in [-0.3, -0.25) is 0 Å². The van der Waals surface area contributed by atoms with Crippen LogP contribution in [0.3, 0.4) is 0 Å². The van der Waals surface area contributed by atoms with Crippen LogP contribution in [0.5, 0.6) is 0 Å². The summed E-state index contributed by atoms with van der Waals surface area (Å²) in [5, 5.41) is 1.03. The standard InChI is InChI=1S/C15H19N2P/c1-2-3-12-8-10(4-6-13(12)16)11-5-7-14(17)15(18)9-11/h4-9H,2-3,16-18H2,1H3. The molecule has 2 aromatic carbocycles. The number of hydrogen-bond donors (Lipinski definition) is 2. The maximum absolute atomic E-state index is 5.98. The minimum Gasteiger partial charge on any atom is -0.399 e. The van der Waals surface area contributed by atoms with E-state index >= 15 is 0 Å². The molecular formula is C15H19N2P. The Morgan fingerprint density at radius 3 is 2.17 bits per heavy atom. The molecule has 2 nitrogen and oxygen atoms in total. The van der Waals surface area contributed by atoms with Crippen molar-refractivity contribution in [2.45, 2.75) is 19.8 Å². The van der Waals surface area contributed by atoms with Crippen molar-refractivity contribution < 1.29 is 0 Å². The molecule has 0 saturated heterocycles. The van der Waals surface area contributed by atoms with Crippen molar-refractivity contribution in [2.24, 2.45) is 0 Å². The average molecular weight is 258 g/mol. The lowest BCUT2D eigenvalue weighted by molar-refractivity contribution is 0.925. The Hall–Kier alpha value is -1.53. The monoisotopic (exact) mass is 258 g/mol. The SMILES string of the molecule is CCCc1cc(-c2ccc(N)c(P)c2)ccc1N. The number of nitrogen functional groups attached to an aromatic ring is 2. The summed E-state index contributed by atoms with van der Waals surface area (Å²) in [6.07, 6.45) is 2.12. The van der Waals surface area contributed by atoms with Gasteiger partial charge in [0.15, 0.2) is 0 Å². The molecule has 2 aromatic rings. The molecule has 0 saturated carbocycles. The highest BCUT2D eigenvalue weighted by atomic mass is 31.0. The van der Waals surface area contributed by atoms with E-state index in [1.54, 1.807) is 0 Å². The first kappa shape index (κ1) is 12.9. The Bertz CT molecular complexity index is 564. The van der Waals surface area contributed by atoms with Crippen LogP contribution in [-0.2, 0) is 6.42 Å². The summed E-state index contributed by atoms with van der Waals surface area (Å²) < 4.78 is 0. The third-order valence-electron chi connectivity index (χ3n) is 3.08. The molecular weight excluding hydrogens is 239 g/mol. The highest BCUT2D eigenvalue weighted by Gasteiger charge is 2.04. The molecule has 0 amide bonds. The van der Waals surface area contributed by atoms with E-state index in [1.165, 1.54) is 16.7 Å². The van der Waals surface area contributed by atoms with Crippen LogP contribution in [0.4, 0.5) is 11.4 Å². The molecule has 0 heterocycles. The van der Waals surface area contributed by atoms with Gasteiger partial charge < -0.3 is 11.5 Å². The van der Waals surface area contributed by atoms with E-state index in [9.17, 15) is 0 Å². The van der Waals surface area contributed by atoms with Crippen molar-refractivity contribution in [3.63, 3.8) is 0 Å². The van der Waals surface area contributed by atoms with E-state index in [0.717, 1.165) is 29.5 Å². The van der Waals surface area contributed by atoms with Gasteiger partial charge in [-0.1, -0.05) is 25.5 Å². The molecule has 3 heteroatoms. The Balaban J connectivity index is 2.44. The first-order valence-corrected chi connectivity index (χ1v) is 6.73. The third kappa shape index (κ3) is 2.65. The van der Waals surface area contributed by atoms with E-state index in [1.807, 2.05) is 18.2 Å². The molecule has 0 aliphatic carbocycles. The summed E-state index contributed by atoms with van der Waals surface area (Å²) in [6.45, 7) is 2.16. The summed E-state index contributed by atoms with van der Waals surface area (Å²) in [6, 6.07) is 12.3. The van der Waals surface area contributed by atoms with Crippen molar-refractivity contribution in [3.05, 3.63) is 42.0 Å². The Morgan fingerprint density at radius 1 is 0.944 bits per heavy atom. The van der Waals surface area contributed by atoms with Crippen LogP contribution in [-0.4, -0.2) is 0 Å². The van der Waals surface area contributed by atoms with Crippen LogP contribution in [0.25, 0.3) is 11.1 Å². The lowest BCUT2D eigenvalue weighted by atomic mass is 9.99. The van der Waals surface area contributed by atoms with Crippen LogP contribution >= 0.6 is 9.24 Å². The highest BCUT2D eigenvalue weighted by molar-refractivity contribution is 7.28. The third-order valence-corrected chi connectivity index (χ3v) is 3.58. The van der Waals surface area contributed by atoms with Gasteiger partial charge in [0.25, 0.3) is 0 Å². The smallest absolute Gasteiger partial charge is 0.0387 e. The average Bonchev–Trinajstić information content (AvgIpc) is 2.36. The quantitative estimate of drug-likeness (QED) is 0.657. The molecule has 2 rings (SSSR count). The Kier molecular flexibility index (Phi) is 3.88. The molecule has 1 unspecified atom stereocenters. The van der Waals surface area contributed by atoms with E-state index < -0.39 is 0 Å². The Morgan fingerprint density at radius 2 is 1.56 bits per heavy atom. The van der Waals surface area contributed by atoms with Crippen LogP contribution in [0.2, 0.25) is 0 Å². The largest absolute Gasteiger partial charge is 0.399 e. The van der Waals surface area contributed by atoms with Crippen LogP contribution in [0.15, 0.2) is 36.4 Å². The molecule has 94 valence electrons. The molecule has 0 bridgehead atoms. The number of rotatable bonds is 3.